The van der Waals surface area contributed by atoms with E-state index in [9.17, 15) is 4.79 Å². The average Bonchev–Trinajstić information content (AvgIpc) is 3.32. The number of hydrogen-bond acceptors (Lipinski definition) is 3. The molecule has 1 unspecified atom stereocenters. The first-order chi connectivity index (χ1) is 13.1. The molecule has 4 nitrogen and oxygen atoms in total. The van der Waals surface area contributed by atoms with Crippen LogP contribution in [-0.2, 0) is 4.79 Å². The highest BCUT2D eigenvalue weighted by Gasteiger charge is 2.34. The molecule has 0 N–H and O–H groups in total. The maximum atomic E-state index is 13.0. The van der Waals surface area contributed by atoms with Crippen LogP contribution in [0.15, 0.2) is 53.6 Å². The van der Waals surface area contributed by atoms with E-state index in [1.165, 1.54) is 18.4 Å². The number of likely N-dealkylation sites (tertiary alicyclic amines) is 1. The molecule has 2 aromatic carbocycles. The van der Waals surface area contributed by atoms with Gasteiger partial charge in [0.1, 0.15) is 0 Å². The lowest BCUT2D eigenvalue weighted by Gasteiger charge is -2.24. The van der Waals surface area contributed by atoms with E-state index in [0.717, 1.165) is 36.3 Å². The molecule has 1 saturated heterocycles. The topological polar surface area (TPSA) is 35.9 Å². The van der Waals surface area contributed by atoms with E-state index in [0.29, 0.717) is 11.6 Å². The van der Waals surface area contributed by atoms with Crippen LogP contribution in [0.2, 0.25) is 5.02 Å². The molecule has 1 fully saturated rings. The van der Waals surface area contributed by atoms with Gasteiger partial charge in [-0.3, -0.25) is 9.69 Å². The minimum absolute atomic E-state index is 0.0690. The molecule has 0 bridgehead atoms. The quantitative estimate of drug-likeness (QED) is 0.785. The molecule has 0 aliphatic carbocycles. The number of aryl methyl sites for hydroxylation is 1. The lowest BCUT2D eigenvalue weighted by atomic mass is 9.97. The summed E-state index contributed by atoms with van der Waals surface area (Å²) in [5, 5.41) is 7.16. The van der Waals surface area contributed by atoms with Crippen molar-refractivity contribution in [2.75, 3.05) is 19.6 Å². The van der Waals surface area contributed by atoms with Crippen molar-refractivity contribution >= 4 is 23.2 Å². The Morgan fingerprint density at radius 1 is 1.15 bits per heavy atom. The predicted octanol–water partition coefficient (Wildman–Crippen LogP) is 4.42. The van der Waals surface area contributed by atoms with Crippen LogP contribution in [0.25, 0.3) is 0 Å². The van der Waals surface area contributed by atoms with Gasteiger partial charge in [0.15, 0.2) is 0 Å². The van der Waals surface area contributed by atoms with Crippen molar-refractivity contribution in [1.29, 1.82) is 0 Å². The molecule has 0 saturated carbocycles. The Morgan fingerprint density at radius 2 is 1.89 bits per heavy atom. The molecule has 4 rings (SSSR count). The number of carbonyl (C=O) groups excluding carboxylic acids is 1. The van der Waals surface area contributed by atoms with E-state index < -0.39 is 0 Å². The number of halogens is 1. The average molecular weight is 382 g/mol. The van der Waals surface area contributed by atoms with E-state index in [1.807, 2.05) is 30.3 Å². The van der Waals surface area contributed by atoms with Crippen LogP contribution in [0.3, 0.4) is 0 Å². The minimum Gasteiger partial charge on any atom is -0.294 e. The van der Waals surface area contributed by atoms with Gasteiger partial charge in [0, 0.05) is 11.4 Å². The van der Waals surface area contributed by atoms with Gasteiger partial charge in [0.25, 0.3) is 5.91 Å². The molecule has 2 aliphatic heterocycles. The first-order valence-corrected chi connectivity index (χ1v) is 9.92. The van der Waals surface area contributed by atoms with Crippen molar-refractivity contribution in [3.8, 4) is 0 Å². The number of nitrogens with zero attached hydrogens (tertiary/aromatic N) is 3. The Labute approximate surface area is 165 Å². The maximum Gasteiger partial charge on any atom is 0.257 e. The zero-order valence-corrected chi connectivity index (χ0v) is 16.3. The van der Waals surface area contributed by atoms with Gasteiger partial charge in [-0.05, 0) is 56.1 Å². The van der Waals surface area contributed by atoms with Gasteiger partial charge < -0.3 is 0 Å². The summed E-state index contributed by atoms with van der Waals surface area (Å²) in [4.78, 5) is 15.3. The highest BCUT2D eigenvalue weighted by molar-refractivity contribution is 6.30. The van der Waals surface area contributed by atoms with Crippen LogP contribution in [-0.4, -0.2) is 41.2 Å². The van der Waals surface area contributed by atoms with E-state index in [4.69, 9.17) is 16.7 Å². The monoisotopic (exact) mass is 381 g/mol. The first-order valence-electron chi connectivity index (χ1n) is 9.54. The predicted molar refractivity (Wildman–Crippen MR) is 109 cm³/mol. The normalized spacial score (nSPS) is 20.1. The third-order valence-corrected chi connectivity index (χ3v) is 5.58. The summed E-state index contributed by atoms with van der Waals surface area (Å²) < 4.78 is 0. The molecule has 5 heteroatoms. The van der Waals surface area contributed by atoms with E-state index in [-0.39, 0.29) is 11.9 Å². The van der Waals surface area contributed by atoms with E-state index in [1.54, 1.807) is 5.01 Å². The van der Waals surface area contributed by atoms with Crippen molar-refractivity contribution in [3.05, 3.63) is 70.2 Å². The molecule has 2 aliphatic rings. The van der Waals surface area contributed by atoms with Gasteiger partial charge in [0.2, 0.25) is 0 Å². The molecule has 27 heavy (non-hydrogen) atoms. The fourth-order valence-corrected chi connectivity index (χ4v) is 4.01. The fraction of sp³-hybridized carbons (Fsp3) is 0.364. The number of carbonyl (C=O) groups is 1. The van der Waals surface area contributed by atoms with Crippen LogP contribution >= 0.6 is 11.6 Å². The third kappa shape index (κ3) is 4.07. The Kier molecular flexibility index (Phi) is 5.28. The van der Waals surface area contributed by atoms with Crippen molar-refractivity contribution in [2.24, 2.45) is 5.10 Å². The van der Waals surface area contributed by atoms with Crippen LogP contribution in [0.5, 0.6) is 0 Å². The highest BCUT2D eigenvalue weighted by Crippen LogP contribution is 2.33. The third-order valence-electron chi connectivity index (χ3n) is 5.33. The molecule has 2 heterocycles. The molecule has 2 aromatic rings. The lowest BCUT2D eigenvalue weighted by molar-refractivity contribution is -0.134. The number of benzene rings is 2. The molecular weight excluding hydrogens is 358 g/mol. The number of rotatable bonds is 4. The largest absolute Gasteiger partial charge is 0.294 e. The second-order valence-electron chi connectivity index (χ2n) is 7.41. The summed E-state index contributed by atoms with van der Waals surface area (Å²) in [7, 11) is 0. The number of hydrazone groups is 1. The van der Waals surface area contributed by atoms with Gasteiger partial charge in [-0.2, -0.15) is 5.10 Å². The first kappa shape index (κ1) is 18.2. The van der Waals surface area contributed by atoms with Crippen molar-refractivity contribution in [3.63, 3.8) is 0 Å². The summed E-state index contributed by atoms with van der Waals surface area (Å²) in [6, 6.07) is 16.0. The van der Waals surface area contributed by atoms with Gasteiger partial charge in [-0.25, -0.2) is 5.01 Å². The SMILES string of the molecule is Cc1cccc(C2=NN(C(=O)CN3CCCC3)C(c3ccc(Cl)cc3)C2)c1. The Balaban J connectivity index is 1.62. The van der Waals surface area contributed by atoms with Crippen molar-refractivity contribution in [1.82, 2.24) is 9.91 Å². The summed E-state index contributed by atoms with van der Waals surface area (Å²) in [5.74, 6) is 0.0690. The van der Waals surface area contributed by atoms with E-state index >= 15 is 0 Å². The van der Waals surface area contributed by atoms with Gasteiger partial charge in [-0.1, -0.05) is 53.6 Å². The number of amides is 1. The second kappa shape index (κ2) is 7.83. The molecule has 0 radical (unpaired) electrons. The van der Waals surface area contributed by atoms with Crippen LogP contribution in [0.1, 0.15) is 42.0 Å². The molecule has 1 amide bonds. The lowest BCUT2D eigenvalue weighted by Crippen LogP contribution is -2.36. The summed E-state index contributed by atoms with van der Waals surface area (Å²) in [5.41, 5.74) is 4.32. The van der Waals surface area contributed by atoms with Gasteiger partial charge >= 0.3 is 0 Å². The summed E-state index contributed by atoms with van der Waals surface area (Å²) in [6.45, 7) is 4.51. The fourth-order valence-electron chi connectivity index (χ4n) is 3.89. The molecule has 1 atom stereocenters. The van der Waals surface area contributed by atoms with E-state index in [2.05, 4.69) is 30.0 Å². The molecular formula is C22H24ClN3O. The zero-order valence-electron chi connectivity index (χ0n) is 15.6. The second-order valence-corrected chi connectivity index (χ2v) is 7.85. The van der Waals surface area contributed by atoms with Gasteiger partial charge in [0.05, 0.1) is 18.3 Å². The van der Waals surface area contributed by atoms with Crippen molar-refractivity contribution < 1.29 is 4.79 Å². The Bertz CT molecular complexity index is 856. The smallest absolute Gasteiger partial charge is 0.257 e. The molecule has 0 aromatic heterocycles. The van der Waals surface area contributed by atoms with Crippen LogP contribution in [0, 0.1) is 6.92 Å². The zero-order chi connectivity index (χ0) is 18.8. The number of hydrogen-bond donors (Lipinski definition) is 0. The van der Waals surface area contributed by atoms with Crippen molar-refractivity contribution in [2.45, 2.75) is 32.2 Å². The van der Waals surface area contributed by atoms with Crippen LogP contribution in [0.4, 0.5) is 0 Å². The Morgan fingerprint density at radius 3 is 2.59 bits per heavy atom. The summed E-state index contributed by atoms with van der Waals surface area (Å²) in [6.07, 6.45) is 3.06. The molecule has 140 valence electrons. The Hall–Kier alpha value is -2.17. The summed E-state index contributed by atoms with van der Waals surface area (Å²) >= 11 is 6.06. The maximum absolute atomic E-state index is 13.0. The standard InChI is InChI=1S/C22H24ClN3O/c1-16-5-4-6-18(13-16)20-14-21(17-7-9-19(23)10-8-17)26(24-20)22(27)15-25-11-2-3-12-25/h4-10,13,21H,2-3,11-12,14-15H2,1H3. The van der Waals surface area contributed by atoms with Crippen LogP contribution < -0.4 is 0 Å². The molecule has 0 spiro atoms. The van der Waals surface area contributed by atoms with Gasteiger partial charge in [-0.15, -0.1) is 0 Å². The minimum atomic E-state index is -0.0760. The highest BCUT2D eigenvalue weighted by atomic mass is 35.5.